The van der Waals surface area contributed by atoms with Gasteiger partial charge in [0.15, 0.2) is 5.78 Å². The van der Waals surface area contributed by atoms with Crippen molar-refractivity contribution in [3.05, 3.63) is 12.2 Å². The van der Waals surface area contributed by atoms with Crippen molar-refractivity contribution in [2.75, 3.05) is 6.61 Å². The predicted octanol–water partition coefficient (Wildman–Crippen LogP) is 1.06. The van der Waals surface area contributed by atoms with Crippen LogP contribution in [0.2, 0.25) is 0 Å². The SMILES string of the molecule is C=C1C[C@H](OCC)[C@@H](O)CCC1=O. The first-order valence-corrected chi connectivity index (χ1v) is 4.65. The number of ether oxygens (including phenoxy) is 1. The molecular formula is C10H16O3. The normalized spacial score (nSPS) is 30.3. The van der Waals surface area contributed by atoms with Crippen molar-refractivity contribution < 1.29 is 14.6 Å². The Hall–Kier alpha value is -0.670. The number of Topliss-reactive ketones (excluding diaryl/α,β-unsaturated/α-hetero) is 1. The number of hydrogen-bond acceptors (Lipinski definition) is 3. The Bertz CT molecular complexity index is 210. The first kappa shape index (κ1) is 10.4. The molecule has 1 rings (SSSR count). The van der Waals surface area contributed by atoms with Crippen molar-refractivity contribution in [2.24, 2.45) is 0 Å². The van der Waals surface area contributed by atoms with Crippen LogP contribution in [-0.2, 0) is 9.53 Å². The molecule has 1 saturated carbocycles. The molecule has 0 aromatic carbocycles. The monoisotopic (exact) mass is 184 g/mol. The van der Waals surface area contributed by atoms with E-state index in [-0.39, 0.29) is 11.9 Å². The molecule has 0 unspecified atom stereocenters. The third kappa shape index (κ3) is 2.64. The lowest BCUT2D eigenvalue weighted by atomic mass is 10.1. The molecule has 13 heavy (non-hydrogen) atoms. The van der Waals surface area contributed by atoms with E-state index in [1.807, 2.05) is 6.92 Å². The highest BCUT2D eigenvalue weighted by Gasteiger charge is 2.26. The topological polar surface area (TPSA) is 46.5 Å². The van der Waals surface area contributed by atoms with Gasteiger partial charge in [0, 0.05) is 19.4 Å². The number of aliphatic hydroxyl groups excluding tert-OH is 1. The van der Waals surface area contributed by atoms with Crippen LogP contribution in [0.3, 0.4) is 0 Å². The number of aliphatic hydroxyl groups is 1. The molecule has 1 fully saturated rings. The van der Waals surface area contributed by atoms with Gasteiger partial charge in [-0.2, -0.15) is 0 Å². The maximum absolute atomic E-state index is 11.2. The molecule has 1 aliphatic rings. The first-order chi connectivity index (χ1) is 6.15. The Morgan fingerprint density at radius 2 is 2.38 bits per heavy atom. The fourth-order valence-corrected chi connectivity index (χ4v) is 1.52. The summed E-state index contributed by atoms with van der Waals surface area (Å²) in [6, 6.07) is 0. The Kier molecular flexibility index (Phi) is 3.63. The van der Waals surface area contributed by atoms with Gasteiger partial charge in [0.05, 0.1) is 12.2 Å². The van der Waals surface area contributed by atoms with Crippen molar-refractivity contribution in [1.29, 1.82) is 0 Å². The average Bonchev–Trinajstić information content (AvgIpc) is 2.21. The molecule has 0 heterocycles. The van der Waals surface area contributed by atoms with Crippen LogP contribution in [0, 0.1) is 0 Å². The lowest BCUT2D eigenvalue weighted by Gasteiger charge is -2.19. The molecule has 1 aliphatic carbocycles. The van der Waals surface area contributed by atoms with Crippen molar-refractivity contribution in [2.45, 2.75) is 38.4 Å². The molecule has 0 spiro atoms. The van der Waals surface area contributed by atoms with Crippen LogP contribution in [-0.4, -0.2) is 29.7 Å². The molecule has 74 valence electrons. The van der Waals surface area contributed by atoms with Gasteiger partial charge in [-0.3, -0.25) is 4.79 Å². The highest BCUT2D eigenvalue weighted by atomic mass is 16.5. The Morgan fingerprint density at radius 1 is 1.69 bits per heavy atom. The molecule has 1 N–H and O–H groups in total. The average molecular weight is 184 g/mol. The summed E-state index contributed by atoms with van der Waals surface area (Å²) in [6.45, 7) is 6.12. The third-order valence-electron chi connectivity index (χ3n) is 2.32. The molecular weight excluding hydrogens is 168 g/mol. The summed E-state index contributed by atoms with van der Waals surface area (Å²) >= 11 is 0. The lowest BCUT2D eigenvalue weighted by Crippen LogP contribution is -2.27. The van der Waals surface area contributed by atoms with Crippen LogP contribution in [0.5, 0.6) is 0 Å². The predicted molar refractivity (Wildman–Crippen MR) is 49.4 cm³/mol. The van der Waals surface area contributed by atoms with Crippen LogP contribution < -0.4 is 0 Å². The van der Waals surface area contributed by atoms with E-state index in [1.165, 1.54) is 0 Å². The summed E-state index contributed by atoms with van der Waals surface area (Å²) in [4.78, 5) is 11.2. The van der Waals surface area contributed by atoms with Gasteiger partial charge >= 0.3 is 0 Å². The zero-order valence-electron chi connectivity index (χ0n) is 7.95. The zero-order chi connectivity index (χ0) is 9.84. The van der Waals surface area contributed by atoms with E-state index in [0.29, 0.717) is 31.4 Å². The lowest BCUT2D eigenvalue weighted by molar-refractivity contribution is -0.115. The van der Waals surface area contributed by atoms with E-state index in [1.54, 1.807) is 0 Å². The number of carbonyl (C=O) groups is 1. The van der Waals surface area contributed by atoms with E-state index >= 15 is 0 Å². The van der Waals surface area contributed by atoms with E-state index < -0.39 is 6.10 Å². The van der Waals surface area contributed by atoms with Gasteiger partial charge in [-0.25, -0.2) is 0 Å². The minimum Gasteiger partial charge on any atom is -0.390 e. The van der Waals surface area contributed by atoms with E-state index in [4.69, 9.17) is 4.74 Å². The molecule has 3 heteroatoms. The summed E-state index contributed by atoms with van der Waals surface area (Å²) in [7, 11) is 0. The maximum Gasteiger partial charge on any atom is 0.158 e. The van der Waals surface area contributed by atoms with Crippen LogP contribution in [0.4, 0.5) is 0 Å². The largest absolute Gasteiger partial charge is 0.390 e. The van der Waals surface area contributed by atoms with E-state index in [9.17, 15) is 9.90 Å². The summed E-state index contributed by atoms with van der Waals surface area (Å²) in [6.07, 6.45) is 0.576. The van der Waals surface area contributed by atoms with Gasteiger partial charge in [-0.1, -0.05) is 6.58 Å². The summed E-state index contributed by atoms with van der Waals surface area (Å²) in [5, 5.41) is 9.60. The first-order valence-electron chi connectivity index (χ1n) is 4.65. The number of ketones is 1. The Balaban J connectivity index is 2.62. The van der Waals surface area contributed by atoms with Gasteiger partial charge in [0.25, 0.3) is 0 Å². The van der Waals surface area contributed by atoms with Crippen molar-refractivity contribution >= 4 is 5.78 Å². The Morgan fingerprint density at radius 3 is 3.00 bits per heavy atom. The number of carbonyl (C=O) groups excluding carboxylic acids is 1. The van der Waals surface area contributed by atoms with Crippen molar-refractivity contribution in [3.8, 4) is 0 Å². The van der Waals surface area contributed by atoms with Gasteiger partial charge in [-0.05, 0) is 18.9 Å². The number of hydrogen-bond donors (Lipinski definition) is 1. The highest BCUT2D eigenvalue weighted by Crippen LogP contribution is 2.21. The van der Waals surface area contributed by atoms with Crippen molar-refractivity contribution in [3.63, 3.8) is 0 Å². The third-order valence-corrected chi connectivity index (χ3v) is 2.32. The molecule has 2 atom stereocenters. The standard InChI is InChI=1S/C10H16O3/c1-3-13-10-6-7(2)8(11)4-5-9(10)12/h9-10,12H,2-6H2,1H3/t9-,10-/m0/s1. The van der Waals surface area contributed by atoms with Gasteiger partial charge < -0.3 is 9.84 Å². The quantitative estimate of drug-likeness (QED) is 0.515. The minimum absolute atomic E-state index is 0.0567. The molecule has 0 bridgehead atoms. The highest BCUT2D eigenvalue weighted by molar-refractivity contribution is 5.95. The smallest absolute Gasteiger partial charge is 0.158 e. The summed E-state index contributed by atoms with van der Waals surface area (Å²) in [5.74, 6) is 0.0567. The number of rotatable bonds is 2. The second-order valence-electron chi connectivity index (χ2n) is 3.33. The second kappa shape index (κ2) is 4.53. The zero-order valence-corrected chi connectivity index (χ0v) is 7.95. The van der Waals surface area contributed by atoms with Crippen LogP contribution in [0.25, 0.3) is 0 Å². The summed E-state index contributed by atoms with van der Waals surface area (Å²) < 4.78 is 5.33. The van der Waals surface area contributed by atoms with Crippen LogP contribution >= 0.6 is 0 Å². The van der Waals surface area contributed by atoms with Gasteiger partial charge in [-0.15, -0.1) is 0 Å². The Labute approximate surface area is 78.4 Å². The van der Waals surface area contributed by atoms with Crippen LogP contribution in [0.1, 0.15) is 26.2 Å². The van der Waals surface area contributed by atoms with Crippen molar-refractivity contribution in [1.82, 2.24) is 0 Å². The molecule has 0 aromatic heterocycles. The van der Waals surface area contributed by atoms with E-state index in [2.05, 4.69) is 6.58 Å². The fourth-order valence-electron chi connectivity index (χ4n) is 1.52. The molecule has 0 aliphatic heterocycles. The summed E-state index contributed by atoms with van der Waals surface area (Å²) in [5.41, 5.74) is 0.579. The molecule has 0 radical (unpaired) electrons. The van der Waals surface area contributed by atoms with E-state index in [0.717, 1.165) is 0 Å². The minimum atomic E-state index is -0.525. The maximum atomic E-state index is 11.2. The van der Waals surface area contributed by atoms with Gasteiger partial charge in [0.2, 0.25) is 0 Å². The fraction of sp³-hybridized carbons (Fsp3) is 0.700. The molecule has 0 saturated heterocycles. The molecule has 0 aromatic rings. The second-order valence-corrected chi connectivity index (χ2v) is 3.33. The van der Waals surface area contributed by atoms with Crippen LogP contribution in [0.15, 0.2) is 12.2 Å². The van der Waals surface area contributed by atoms with Gasteiger partial charge in [0.1, 0.15) is 0 Å². The molecule has 3 nitrogen and oxygen atoms in total. The molecule has 0 amide bonds.